The zero-order valence-electron chi connectivity index (χ0n) is 24.6. The predicted octanol–water partition coefficient (Wildman–Crippen LogP) is 5.45. The summed E-state index contributed by atoms with van der Waals surface area (Å²) in [5.74, 6) is 0.0352. The van der Waals surface area contributed by atoms with Gasteiger partial charge in [0.15, 0.2) is 0 Å². The molecule has 2 amide bonds. The Balaban J connectivity index is 1.89. The topological polar surface area (TPSA) is 96.0 Å². The number of halogens is 1. The standard InChI is InChI=1S/C32H40ClN3O5S/c1-5-24(2)34-32(38)30(21-25-12-7-6-8-13-25)35(23-26-14-9-15-27(33)20-26)31(37)18-11-19-36(42(4,39)40)28-16-10-17-29(22-28)41-3/h6-10,12-17,20,22,24,30H,5,11,18-19,21,23H2,1-4H3,(H,34,38)/t24-,30+/m1/s1. The Kier molecular flexibility index (Phi) is 12.2. The van der Waals surface area contributed by atoms with Crippen molar-refractivity contribution in [1.29, 1.82) is 0 Å². The van der Waals surface area contributed by atoms with Crippen LogP contribution in [0.15, 0.2) is 78.9 Å². The highest BCUT2D eigenvalue weighted by Gasteiger charge is 2.31. The van der Waals surface area contributed by atoms with Gasteiger partial charge in [0.05, 0.1) is 19.1 Å². The van der Waals surface area contributed by atoms with Crippen molar-refractivity contribution in [2.24, 2.45) is 0 Å². The number of benzene rings is 3. The quantitative estimate of drug-likeness (QED) is 0.246. The highest BCUT2D eigenvalue weighted by atomic mass is 35.5. The van der Waals surface area contributed by atoms with Crippen molar-refractivity contribution >= 4 is 39.1 Å². The van der Waals surface area contributed by atoms with Crippen LogP contribution in [-0.4, -0.2) is 57.1 Å². The van der Waals surface area contributed by atoms with Crippen molar-refractivity contribution in [2.75, 3.05) is 24.2 Å². The first-order valence-electron chi connectivity index (χ1n) is 14.0. The predicted molar refractivity (Wildman–Crippen MR) is 168 cm³/mol. The Hall–Kier alpha value is -3.56. The molecular weight excluding hydrogens is 574 g/mol. The van der Waals surface area contributed by atoms with Gasteiger partial charge in [0.25, 0.3) is 0 Å². The molecule has 0 aliphatic heterocycles. The van der Waals surface area contributed by atoms with Crippen molar-refractivity contribution in [2.45, 2.75) is 58.2 Å². The zero-order valence-corrected chi connectivity index (χ0v) is 26.2. The van der Waals surface area contributed by atoms with E-state index < -0.39 is 16.1 Å². The number of methoxy groups -OCH3 is 1. The average Bonchev–Trinajstić information content (AvgIpc) is 2.96. The second kappa shape index (κ2) is 15.6. The number of anilines is 1. The van der Waals surface area contributed by atoms with Crippen LogP contribution < -0.4 is 14.4 Å². The number of hydrogen-bond donors (Lipinski definition) is 1. The minimum Gasteiger partial charge on any atom is -0.497 e. The first-order chi connectivity index (χ1) is 20.0. The van der Waals surface area contributed by atoms with Crippen LogP contribution >= 0.6 is 11.6 Å². The van der Waals surface area contributed by atoms with E-state index in [1.807, 2.05) is 56.3 Å². The molecule has 0 radical (unpaired) electrons. The molecule has 0 aliphatic rings. The maximum absolute atomic E-state index is 13.9. The number of nitrogens with zero attached hydrogens (tertiary/aromatic N) is 2. The van der Waals surface area contributed by atoms with E-state index >= 15 is 0 Å². The smallest absolute Gasteiger partial charge is 0.243 e. The molecule has 0 bridgehead atoms. The lowest BCUT2D eigenvalue weighted by Crippen LogP contribution is -2.52. The lowest BCUT2D eigenvalue weighted by atomic mass is 10.0. The molecule has 226 valence electrons. The molecular formula is C32H40ClN3O5S. The molecule has 0 aliphatic carbocycles. The number of sulfonamides is 1. The molecule has 10 heteroatoms. The van der Waals surface area contributed by atoms with Gasteiger partial charge in [0.1, 0.15) is 11.8 Å². The normalized spacial score (nSPS) is 12.7. The summed E-state index contributed by atoms with van der Waals surface area (Å²) in [7, 11) is -2.11. The van der Waals surface area contributed by atoms with Crippen LogP contribution in [0, 0.1) is 0 Å². The Morgan fingerprint density at radius 1 is 0.976 bits per heavy atom. The molecule has 0 aromatic heterocycles. The molecule has 0 saturated carbocycles. The third-order valence-corrected chi connectivity index (χ3v) is 8.44. The molecule has 8 nitrogen and oxygen atoms in total. The van der Waals surface area contributed by atoms with Gasteiger partial charge in [-0.25, -0.2) is 8.42 Å². The van der Waals surface area contributed by atoms with Crippen molar-refractivity contribution in [3.8, 4) is 5.75 Å². The van der Waals surface area contributed by atoms with Gasteiger partial charge in [-0.15, -0.1) is 0 Å². The number of carbonyl (C=O) groups is 2. The Morgan fingerprint density at radius 3 is 2.31 bits per heavy atom. The zero-order chi connectivity index (χ0) is 30.7. The number of hydrogen-bond acceptors (Lipinski definition) is 5. The third kappa shape index (κ3) is 9.77. The van der Waals surface area contributed by atoms with E-state index in [0.29, 0.717) is 22.9 Å². The molecule has 3 aromatic carbocycles. The first-order valence-corrected chi connectivity index (χ1v) is 16.2. The number of rotatable bonds is 15. The Bertz CT molecular complexity index is 1430. The maximum Gasteiger partial charge on any atom is 0.243 e. The number of ether oxygens (including phenoxy) is 1. The third-order valence-electron chi connectivity index (χ3n) is 7.01. The molecule has 42 heavy (non-hydrogen) atoms. The Labute approximate surface area is 254 Å². The van der Waals surface area contributed by atoms with Crippen LogP contribution in [0.1, 0.15) is 44.2 Å². The summed E-state index contributed by atoms with van der Waals surface area (Å²) in [6.07, 6.45) is 2.50. The number of nitrogens with one attached hydrogen (secondary N) is 1. The first kappa shape index (κ1) is 32.9. The highest BCUT2D eigenvalue weighted by Crippen LogP contribution is 2.24. The fourth-order valence-corrected chi connectivity index (χ4v) is 5.77. The van der Waals surface area contributed by atoms with Gasteiger partial charge in [-0.3, -0.25) is 13.9 Å². The van der Waals surface area contributed by atoms with Gasteiger partial charge in [0, 0.05) is 43.1 Å². The van der Waals surface area contributed by atoms with Crippen LogP contribution in [-0.2, 0) is 32.6 Å². The van der Waals surface area contributed by atoms with Gasteiger partial charge in [-0.1, -0.05) is 67.1 Å². The maximum atomic E-state index is 13.9. The minimum atomic E-state index is -3.63. The van der Waals surface area contributed by atoms with Gasteiger partial charge in [0.2, 0.25) is 21.8 Å². The van der Waals surface area contributed by atoms with E-state index in [9.17, 15) is 18.0 Å². The molecule has 0 heterocycles. The van der Waals surface area contributed by atoms with Crippen LogP contribution in [0.2, 0.25) is 5.02 Å². The lowest BCUT2D eigenvalue weighted by molar-refractivity contribution is -0.141. The number of amides is 2. The summed E-state index contributed by atoms with van der Waals surface area (Å²) in [6.45, 7) is 4.18. The second-order valence-electron chi connectivity index (χ2n) is 10.3. The molecule has 3 rings (SSSR count). The van der Waals surface area contributed by atoms with Crippen LogP contribution in [0.25, 0.3) is 0 Å². The van der Waals surface area contributed by atoms with Crippen LogP contribution in [0.5, 0.6) is 5.75 Å². The summed E-state index contributed by atoms with van der Waals surface area (Å²) in [6, 6.07) is 22.7. The lowest BCUT2D eigenvalue weighted by Gasteiger charge is -2.32. The molecule has 0 saturated heterocycles. The van der Waals surface area contributed by atoms with Gasteiger partial charge in [-0.05, 0) is 55.2 Å². The average molecular weight is 614 g/mol. The van der Waals surface area contributed by atoms with E-state index in [2.05, 4.69) is 5.32 Å². The summed E-state index contributed by atoms with van der Waals surface area (Å²) < 4.78 is 31.9. The molecule has 0 unspecified atom stereocenters. The minimum absolute atomic E-state index is 0.0401. The summed E-state index contributed by atoms with van der Waals surface area (Å²) in [5.41, 5.74) is 2.17. The number of carbonyl (C=O) groups excluding carboxylic acids is 2. The van der Waals surface area contributed by atoms with E-state index in [1.54, 1.807) is 41.3 Å². The van der Waals surface area contributed by atoms with Crippen molar-refractivity contribution < 1.29 is 22.7 Å². The molecule has 1 N–H and O–H groups in total. The van der Waals surface area contributed by atoms with E-state index in [4.69, 9.17) is 16.3 Å². The summed E-state index contributed by atoms with van der Waals surface area (Å²) in [4.78, 5) is 29.2. The summed E-state index contributed by atoms with van der Waals surface area (Å²) >= 11 is 6.25. The molecule has 3 aromatic rings. The van der Waals surface area contributed by atoms with Crippen LogP contribution in [0.3, 0.4) is 0 Å². The van der Waals surface area contributed by atoms with Gasteiger partial charge < -0.3 is 15.0 Å². The van der Waals surface area contributed by atoms with Gasteiger partial charge in [-0.2, -0.15) is 0 Å². The van der Waals surface area contributed by atoms with Crippen LogP contribution in [0.4, 0.5) is 5.69 Å². The fourth-order valence-electron chi connectivity index (χ4n) is 4.60. The van der Waals surface area contributed by atoms with E-state index in [1.165, 1.54) is 11.4 Å². The largest absolute Gasteiger partial charge is 0.497 e. The molecule has 0 spiro atoms. The molecule has 2 atom stereocenters. The SMILES string of the molecule is CC[C@@H](C)NC(=O)[C@H](Cc1ccccc1)N(Cc1cccc(Cl)c1)C(=O)CCCN(c1cccc(OC)c1)S(C)(=O)=O. The molecule has 0 fully saturated rings. The fraction of sp³-hybridized carbons (Fsp3) is 0.375. The van der Waals surface area contributed by atoms with Gasteiger partial charge >= 0.3 is 0 Å². The Morgan fingerprint density at radius 2 is 1.67 bits per heavy atom. The van der Waals surface area contributed by atoms with Crippen molar-refractivity contribution in [1.82, 2.24) is 10.2 Å². The van der Waals surface area contributed by atoms with E-state index in [0.717, 1.165) is 23.8 Å². The second-order valence-corrected chi connectivity index (χ2v) is 12.7. The van der Waals surface area contributed by atoms with Crippen molar-refractivity contribution in [3.63, 3.8) is 0 Å². The van der Waals surface area contributed by atoms with E-state index in [-0.39, 0.29) is 43.8 Å². The highest BCUT2D eigenvalue weighted by molar-refractivity contribution is 7.92. The summed E-state index contributed by atoms with van der Waals surface area (Å²) in [5, 5.41) is 3.58. The monoisotopic (exact) mass is 613 g/mol. The van der Waals surface area contributed by atoms with Crippen molar-refractivity contribution in [3.05, 3.63) is 95.0 Å².